The fourth-order valence-electron chi connectivity index (χ4n) is 1.78. The van der Waals surface area contributed by atoms with Gasteiger partial charge in [-0.05, 0) is 52.1 Å². The van der Waals surface area contributed by atoms with Crippen molar-refractivity contribution in [3.05, 3.63) is 23.8 Å². The lowest BCUT2D eigenvalue weighted by molar-refractivity contribution is 0.0601. The Balaban J connectivity index is 2.47. The topological polar surface area (TPSA) is 67.6 Å². The second-order valence-electron chi connectivity index (χ2n) is 5.15. The summed E-state index contributed by atoms with van der Waals surface area (Å²) in [5, 5.41) is 3.29. The van der Waals surface area contributed by atoms with Gasteiger partial charge in [0.25, 0.3) is 0 Å². The zero-order chi connectivity index (χ0) is 15.1. The Morgan fingerprint density at radius 3 is 2.70 bits per heavy atom. The van der Waals surface area contributed by atoms with E-state index in [0.717, 1.165) is 25.2 Å². The van der Waals surface area contributed by atoms with Crippen LogP contribution in [0.5, 0.6) is 0 Å². The maximum absolute atomic E-state index is 11.4. The Morgan fingerprint density at radius 2 is 2.15 bits per heavy atom. The molecule has 0 aliphatic heterocycles. The molecule has 3 N–H and O–H groups in total. The molecule has 20 heavy (non-hydrogen) atoms. The molecule has 1 aromatic carbocycles. The number of methoxy groups -OCH3 is 1. The molecule has 0 aliphatic carbocycles. The van der Waals surface area contributed by atoms with E-state index in [2.05, 4.69) is 35.8 Å². The molecule has 112 valence electrons. The smallest absolute Gasteiger partial charge is 0.337 e. The largest absolute Gasteiger partial charge is 0.465 e. The van der Waals surface area contributed by atoms with Crippen molar-refractivity contribution in [2.24, 2.45) is 0 Å². The summed E-state index contributed by atoms with van der Waals surface area (Å²) in [6.45, 7) is 6.23. The van der Waals surface area contributed by atoms with E-state index < -0.39 is 0 Å². The van der Waals surface area contributed by atoms with E-state index in [4.69, 9.17) is 5.73 Å². The fourth-order valence-corrected chi connectivity index (χ4v) is 1.78. The van der Waals surface area contributed by atoms with E-state index in [9.17, 15) is 4.79 Å². The number of anilines is 2. The van der Waals surface area contributed by atoms with Gasteiger partial charge in [-0.2, -0.15) is 0 Å². The molecule has 0 saturated carbocycles. The highest BCUT2D eigenvalue weighted by Gasteiger charge is 2.08. The molecule has 1 rings (SSSR count). The lowest BCUT2D eigenvalue weighted by atomic mass is 10.1. The number of rotatable bonds is 7. The number of carbonyl (C=O) groups is 1. The molecule has 0 saturated heterocycles. The van der Waals surface area contributed by atoms with Crippen molar-refractivity contribution in [2.75, 3.05) is 38.3 Å². The van der Waals surface area contributed by atoms with Gasteiger partial charge in [0.15, 0.2) is 0 Å². The third-order valence-electron chi connectivity index (χ3n) is 3.36. The highest BCUT2D eigenvalue weighted by molar-refractivity contribution is 5.91. The van der Waals surface area contributed by atoms with Crippen LogP contribution in [0.3, 0.4) is 0 Å². The number of esters is 1. The van der Waals surface area contributed by atoms with Gasteiger partial charge in [-0.3, -0.25) is 0 Å². The number of nitrogens with zero attached hydrogens (tertiary/aromatic N) is 1. The van der Waals surface area contributed by atoms with E-state index in [-0.39, 0.29) is 5.97 Å². The maximum Gasteiger partial charge on any atom is 0.337 e. The van der Waals surface area contributed by atoms with Crippen LogP contribution in [0, 0.1) is 0 Å². The average Bonchev–Trinajstić information content (AvgIpc) is 2.43. The van der Waals surface area contributed by atoms with Crippen molar-refractivity contribution < 1.29 is 9.53 Å². The third kappa shape index (κ3) is 4.74. The van der Waals surface area contributed by atoms with Crippen LogP contribution in [-0.2, 0) is 4.74 Å². The third-order valence-corrected chi connectivity index (χ3v) is 3.36. The first-order valence-electron chi connectivity index (χ1n) is 6.87. The standard InChI is InChI=1S/C15H25N3O2/c1-11(2)18(3)9-5-8-17-14-7-6-12(10-13(14)16)15(19)20-4/h6-7,10-11,17H,5,8-9,16H2,1-4H3. The lowest BCUT2D eigenvalue weighted by Crippen LogP contribution is -2.28. The van der Waals surface area contributed by atoms with Crippen molar-refractivity contribution >= 4 is 17.3 Å². The number of carbonyl (C=O) groups excluding carboxylic acids is 1. The summed E-state index contributed by atoms with van der Waals surface area (Å²) in [7, 11) is 3.47. The van der Waals surface area contributed by atoms with E-state index >= 15 is 0 Å². The molecule has 0 bridgehead atoms. The van der Waals surface area contributed by atoms with Crippen molar-refractivity contribution in [1.82, 2.24) is 4.90 Å². The van der Waals surface area contributed by atoms with Gasteiger partial charge in [-0.1, -0.05) is 0 Å². The Labute approximate surface area is 121 Å². The molecular weight excluding hydrogens is 254 g/mol. The SMILES string of the molecule is COC(=O)c1ccc(NCCCN(C)C(C)C)c(N)c1. The first kappa shape index (κ1) is 16.3. The summed E-state index contributed by atoms with van der Waals surface area (Å²) < 4.78 is 4.66. The van der Waals surface area contributed by atoms with Crippen LogP contribution in [-0.4, -0.2) is 44.2 Å². The van der Waals surface area contributed by atoms with E-state index in [1.54, 1.807) is 12.1 Å². The number of benzene rings is 1. The van der Waals surface area contributed by atoms with Crippen LogP contribution in [0.25, 0.3) is 0 Å². The molecule has 0 unspecified atom stereocenters. The summed E-state index contributed by atoms with van der Waals surface area (Å²) in [6.07, 6.45) is 1.03. The minimum atomic E-state index is -0.373. The molecular formula is C15H25N3O2. The Hall–Kier alpha value is -1.75. The molecule has 5 nitrogen and oxygen atoms in total. The van der Waals surface area contributed by atoms with Gasteiger partial charge in [0.05, 0.1) is 24.0 Å². The molecule has 0 spiro atoms. The first-order valence-corrected chi connectivity index (χ1v) is 6.87. The van der Waals surface area contributed by atoms with Gasteiger partial charge >= 0.3 is 5.97 Å². The van der Waals surface area contributed by atoms with Gasteiger partial charge in [-0.15, -0.1) is 0 Å². The van der Waals surface area contributed by atoms with Crippen molar-refractivity contribution in [3.63, 3.8) is 0 Å². The maximum atomic E-state index is 11.4. The second-order valence-corrected chi connectivity index (χ2v) is 5.15. The predicted octanol–water partition coefficient (Wildman–Crippen LogP) is 2.20. The normalized spacial score (nSPS) is 10.9. The quantitative estimate of drug-likeness (QED) is 0.455. The Morgan fingerprint density at radius 1 is 1.45 bits per heavy atom. The van der Waals surface area contributed by atoms with Crippen LogP contribution in [0.4, 0.5) is 11.4 Å². The number of nitrogens with one attached hydrogen (secondary N) is 1. The number of nitrogens with two attached hydrogens (primary N) is 1. The predicted molar refractivity (Wildman–Crippen MR) is 83.1 cm³/mol. The molecule has 5 heteroatoms. The Kier molecular flexibility index (Phi) is 6.31. The molecule has 1 aromatic rings. The highest BCUT2D eigenvalue weighted by Crippen LogP contribution is 2.20. The summed E-state index contributed by atoms with van der Waals surface area (Å²) in [4.78, 5) is 13.7. The zero-order valence-electron chi connectivity index (χ0n) is 12.8. The van der Waals surface area contributed by atoms with Crippen LogP contribution < -0.4 is 11.1 Å². The molecule has 0 fully saturated rings. The molecule has 0 radical (unpaired) electrons. The summed E-state index contributed by atoms with van der Waals surface area (Å²) in [5.41, 5.74) is 7.80. The molecule has 0 heterocycles. The van der Waals surface area contributed by atoms with Crippen LogP contribution >= 0.6 is 0 Å². The minimum Gasteiger partial charge on any atom is -0.465 e. The molecule has 0 aromatic heterocycles. The van der Waals surface area contributed by atoms with Gasteiger partial charge < -0.3 is 20.7 Å². The average molecular weight is 279 g/mol. The second kappa shape index (κ2) is 7.75. The summed E-state index contributed by atoms with van der Waals surface area (Å²) in [5.74, 6) is -0.373. The first-order chi connectivity index (χ1) is 9.45. The van der Waals surface area contributed by atoms with Crippen LogP contribution in [0.2, 0.25) is 0 Å². The van der Waals surface area contributed by atoms with Gasteiger partial charge in [-0.25, -0.2) is 4.79 Å². The molecule has 0 aliphatic rings. The Bertz CT molecular complexity index is 447. The van der Waals surface area contributed by atoms with Crippen LogP contribution in [0.1, 0.15) is 30.6 Å². The lowest BCUT2D eigenvalue weighted by Gasteiger charge is -2.21. The van der Waals surface area contributed by atoms with Crippen molar-refractivity contribution in [1.29, 1.82) is 0 Å². The van der Waals surface area contributed by atoms with Crippen LogP contribution in [0.15, 0.2) is 18.2 Å². The van der Waals surface area contributed by atoms with E-state index in [1.807, 2.05) is 6.07 Å². The van der Waals surface area contributed by atoms with Crippen molar-refractivity contribution in [2.45, 2.75) is 26.3 Å². The van der Waals surface area contributed by atoms with Gasteiger partial charge in [0.2, 0.25) is 0 Å². The number of hydrogen-bond acceptors (Lipinski definition) is 5. The van der Waals surface area contributed by atoms with E-state index in [1.165, 1.54) is 7.11 Å². The minimum absolute atomic E-state index is 0.373. The monoisotopic (exact) mass is 279 g/mol. The van der Waals surface area contributed by atoms with Gasteiger partial charge in [0.1, 0.15) is 0 Å². The highest BCUT2D eigenvalue weighted by atomic mass is 16.5. The number of hydrogen-bond donors (Lipinski definition) is 2. The zero-order valence-corrected chi connectivity index (χ0v) is 12.8. The fraction of sp³-hybridized carbons (Fsp3) is 0.533. The molecule has 0 amide bonds. The van der Waals surface area contributed by atoms with E-state index in [0.29, 0.717) is 17.3 Å². The summed E-state index contributed by atoms with van der Waals surface area (Å²) in [6, 6.07) is 5.71. The number of ether oxygens (including phenoxy) is 1. The summed E-state index contributed by atoms with van der Waals surface area (Å²) >= 11 is 0. The van der Waals surface area contributed by atoms with Gasteiger partial charge in [0, 0.05) is 12.6 Å². The number of nitrogen functional groups attached to an aromatic ring is 1. The molecule has 0 atom stereocenters. The van der Waals surface area contributed by atoms with Crippen molar-refractivity contribution in [3.8, 4) is 0 Å².